The number of carboxylic acids is 1. The number of rotatable bonds is 7. The molecule has 1 saturated carbocycles. The smallest absolute Gasteiger partial charge is 0.335 e. The molecule has 4 aromatic carbocycles. The maximum absolute atomic E-state index is 14.1. The molecule has 42 heavy (non-hydrogen) atoms. The highest BCUT2D eigenvalue weighted by molar-refractivity contribution is 5.95. The Hall–Kier alpha value is -5.30. The standard InChI is InChI=1S/C35H26FN3O3/c36-29-7-3-6-26(17-29)27-18-30-21-38-34(35(14-15-35)28-13-12-23-4-1-2-5-25(23)16-28)39(30)31(19-27)32(40)37-20-22-8-10-24(11-9-22)33(41)42/h1-13,16-19,21H,14-15,20H2,(H,37,40)(H,41,42). The first-order valence-electron chi connectivity index (χ1n) is 13.8. The summed E-state index contributed by atoms with van der Waals surface area (Å²) < 4.78 is 16.1. The monoisotopic (exact) mass is 555 g/mol. The van der Waals surface area contributed by atoms with E-state index < -0.39 is 5.97 Å². The molecule has 7 heteroatoms. The van der Waals surface area contributed by atoms with Gasteiger partial charge in [0, 0.05) is 6.54 Å². The average molecular weight is 556 g/mol. The second-order valence-corrected chi connectivity index (χ2v) is 10.8. The predicted molar refractivity (Wildman–Crippen MR) is 159 cm³/mol. The van der Waals surface area contributed by atoms with Crippen molar-refractivity contribution >= 4 is 28.2 Å². The van der Waals surface area contributed by atoms with E-state index in [1.165, 1.54) is 29.7 Å². The van der Waals surface area contributed by atoms with E-state index in [0.29, 0.717) is 16.8 Å². The highest BCUT2D eigenvalue weighted by Gasteiger charge is 2.49. The van der Waals surface area contributed by atoms with E-state index >= 15 is 0 Å². The van der Waals surface area contributed by atoms with Gasteiger partial charge in [0.05, 0.1) is 22.7 Å². The third kappa shape index (κ3) is 4.49. The van der Waals surface area contributed by atoms with Gasteiger partial charge in [-0.15, -0.1) is 0 Å². The van der Waals surface area contributed by atoms with Gasteiger partial charge in [0.15, 0.2) is 0 Å². The number of carbonyl (C=O) groups excluding carboxylic acids is 1. The number of aromatic carboxylic acids is 1. The number of aromatic nitrogens is 2. The van der Waals surface area contributed by atoms with Crippen LogP contribution in [0.15, 0.2) is 109 Å². The van der Waals surface area contributed by atoms with Crippen molar-refractivity contribution in [2.45, 2.75) is 24.8 Å². The molecule has 2 heterocycles. The summed E-state index contributed by atoms with van der Waals surface area (Å²) in [4.78, 5) is 29.9. The number of hydrogen-bond donors (Lipinski definition) is 2. The number of imidazole rings is 1. The lowest BCUT2D eigenvalue weighted by atomic mass is 9.92. The van der Waals surface area contributed by atoms with Gasteiger partial charge in [0.1, 0.15) is 17.3 Å². The van der Waals surface area contributed by atoms with E-state index in [1.807, 2.05) is 28.7 Å². The quantitative estimate of drug-likeness (QED) is 0.222. The lowest BCUT2D eigenvalue weighted by Crippen LogP contribution is -2.26. The Balaban J connectivity index is 1.32. The summed E-state index contributed by atoms with van der Waals surface area (Å²) in [5, 5.41) is 14.5. The summed E-state index contributed by atoms with van der Waals surface area (Å²) in [7, 11) is 0. The van der Waals surface area contributed by atoms with Crippen LogP contribution in [0.2, 0.25) is 0 Å². The third-order valence-electron chi connectivity index (χ3n) is 8.15. The molecule has 0 spiro atoms. The van der Waals surface area contributed by atoms with E-state index in [2.05, 4.69) is 35.6 Å². The van der Waals surface area contributed by atoms with Crippen molar-refractivity contribution in [1.82, 2.24) is 14.7 Å². The molecule has 1 aliphatic rings. The zero-order valence-corrected chi connectivity index (χ0v) is 22.5. The number of amides is 1. The van der Waals surface area contributed by atoms with Crippen molar-refractivity contribution in [2.75, 3.05) is 0 Å². The van der Waals surface area contributed by atoms with Gasteiger partial charge in [0.25, 0.3) is 5.91 Å². The van der Waals surface area contributed by atoms with Crippen LogP contribution in [0.5, 0.6) is 0 Å². The first-order valence-corrected chi connectivity index (χ1v) is 13.8. The van der Waals surface area contributed by atoms with Crippen LogP contribution in [0.3, 0.4) is 0 Å². The molecule has 2 N–H and O–H groups in total. The molecule has 2 aromatic heterocycles. The third-order valence-corrected chi connectivity index (χ3v) is 8.15. The van der Waals surface area contributed by atoms with Crippen molar-refractivity contribution in [3.8, 4) is 11.1 Å². The molecule has 0 bridgehead atoms. The molecule has 6 nitrogen and oxygen atoms in total. The Morgan fingerprint density at radius 2 is 1.64 bits per heavy atom. The van der Waals surface area contributed by atoms with Crippen LogP contribution in [-0.2, 0) is 12.0 Å². The maximum atomic E-state index is 14.1. The fourth-order valence-electron chi connectivity index (χ4n) is 5.76. The molecule has 6 aromatic rings. The molecule has 0 saturated heterocycles. The molecular formula is C35H26FN3O3. The van der Waals surface area contributed by atoms with Crippen LogP contribution >= 0.6 is 0 Å². The molecule has 206 valence electrons. The molecule has 0 unspecified atom stereocenters. The number of nitrogens with zero attached hydrogens (tertiary/aromatic N) is 2. The minimum Gasteiger partial charge on any atom is -0.478 e. The summed E-state index contributed by atoms with van der Waals surface area (Å²) in [5.74, 6) is -0.871. The highest BCUT2D eigenvalue weighted by Crippen LogP contribution is 2.53. The Labute approximate surface area is 241 Å². The van der Waals surface area contributed by atoms with Crippen LogP contribution in [-0.4, -0.2) is 26.4 Å². The van der Waals surface area contributed by atoms with Gasteiger partial charge >= 0.3 is 5.97 Å². The number of hydrogen-bond acceptors (Lipinski definition) is 3. The number of carboxylic acid groups (broad SMARTS) is 1. The molecule has 1 amide bonds. The molecule has 0 aliphatic heterocycles. The first-order chi connectivity index (χ1) is 20.4. The van der Waals surface area contributed by atoms with Crippen molar-refractivity contribution in [2.24, 2.45) is 0 Å². The summed E-state index contributed by atoms with van der Waals surface area (Å²) in [5.41, 5.74) is 4.30. The second-order valence-electron chi connectivity index (χ2n) is 10.8. The number of fused-ring (bicyclic) bond motifs is 2. The topological polar surface area (TPSA) is 83.7 Å². The number of pyridine rings is 1. The van der Waals surface area contributed by atoms with Gasteiger partial charge in [-0.25, -0.2) is 14.2 Å². The summed E-state index contributed by atoms with van der Waals surface area (Å²) in [6, 6.07) is 31.2. The molecule has 7 rings (SSSR count). The number of nitrogens with one attached hydrogen (secondary N) is 1. The fourth-order valence-corrected chi connectivity index (χ4v) is 5.76. The Bertz CT molecular complexity index is 2010. The van der Waals surface area contributed by atoms with Crippen LogP contribution in [0.4, 0.5) is 4.39 Å². The van der Waals surface area contributed by atoms with Crippen LogP contribution in [0.1, 0.15) is 50.6 Å². The fraction of sp³-hybridized carbons (Fsp3) is 0.114. The second kappa shape index (κ2) is 9.96. The van der Waals surface area contributed by atoms with Gasteiger partial charge in [-0.1, -0.05) is 66.7 Å². The summed E-state index contributed by atoms with van der Waals surface area (Å²) in [6.45, 7) is 0.213. The van der Waals surface area contributed by atoms with Gasteiger partial charge in [-0.05, 0) is 82.3 Å². The molecule has 1 aliphatic carbocycles. The van der Waals surface area contributed by atoms with Gasteiger partial charge in [-0.3, -0.25) is 9.20 Å². The van der Waals surface area contributed by atoms with Crippen molar-refractivity contribution in [3.63, 3.8) is 0 Å². The SMILES string of the molecule is O=C(O)c1ccc(CNC(=O)c2cc(-c3cccc(F)c3)cc3cnc(C4(c5ccc6ccccc6c5)CC4)n23)cc1. The van der Waals surface area contributed by atoms with Crippen LogP contribution in [0, 0.1) is 5.82 Å². The largest absolute Gasteiger partial charge is 0.478 e. The number of benzene rings is 4. The zero-order valence-electron chi connectivity index (χ0n) is 22.5. The van der Waals surface area contributed by atoms with E-state index in [-0.39, 0.29) is 29.2 Å². The van der Waals surface area contributed by atoms with E-state index in [9.17, 15) is 19.1 Å². The van der Waals surface area contributed by atoms with E-state index in [4.69, 9.17) is 4.98 Å². The predicted octanol–water partition coefficient (Wildman–Crippen LogP) is 7.00. The van der Waals surface area contributed by atoms with Crippen LogP contribution < -0.4 is 5.32 Å². The Morgan fingerprint density at radius 3 is 2.38 bits per heavy atom. The lowest BCUT2D eigenvalue weighted by Gasteiger charge is -2.19. The van der Waals surface area contributed by atoms with E-state index in [1.54, 1.807) is 30.5 Å². The molecular weight excluding hydrogens is 529 g/mol. The van der Waals surface area contributed by atoms with Crippen molar-refractivity contribution in [3.05, 3.63) is 143 Å². The maximum Gasteiger partial charge on any atom is 0.335 e. The van der Waals surface area contributed by atoms with Crippen molar-refractivity contribution < 1.29 is 19.1 Å². The summed E-state index contributed by atoms with van der Waals surface area (Å²) in [6.07, 6.45) is 3.60. The Morgan fingerprint density at radius 1 is 0.857 bits per heavy atom. The normalized spacial score (nSPS) is 13.7. The van der Waals surface area contributed by atoms with Gasteiger partial charge in [0.2, 0.25) is 0 Å². The Kier molecular flexibility index (Phi) is 6.08. The van der Waals surface area contributed by atoms with E-state index in [0.717, 1.165) is 40.7 Å². The average Bonchev–Trinajstić information content (AvgIpc) is 3.71. The van der Waals surface area contributed by atoms with Gasteiger partial charge < -0.3 is 10.4 Å². The highest BCUT2D eigenvalue weighted by atomic mass is 19.1. The number of carbonyl (C=O) groups is 2. The molecule has 0 radical (unpaired) electrons. The van der Waals surface area contributed by atoms with Crippen LogP contribution in [0.25, 0.3) is 27.4 Å². The minimum absolute atomic E-state index is 0.182. The molecule has 1 fully saturated rings. The zero-order chi connectivity index (χ0) is 28.8. The first kappa shape index (κ1) is 25.7. The molecule has 0 atom stereocenters. The minimum atomic E-state index is -1.00. The summed E-state index contributed by atoms with van der Waals surface area (Å²) >= 11 is 0. The number of halogens is 1. The van der Waals surface area contributed by atoms with Gasteiger partial charge in [-0.2, -0.15) is 0 Å². The lowest BCUT2D eigenvalue weighted by molar-refractivity contribution is 0.0696. The van der Waals surface area contributed by atoms with Crippen molar-refractivity contribution in [1.29, 1.82) is 0 Å².